The number of carbonyl (C=O) groups is 4. The maximum atomic E-state index is 13.4. The summed E-state index contributed by atoms with van der Waals surface area (Å²) in [7, 11) is 1.95. The second kappa shape index (κ2) is 14.7. The molecule has 0 unspecified atom stereocenters. The first-order valence-corrected chi connectivity index (χ1v) is 15.2. The summed E-state index contributed by atoms with van der Waals surface area (Å²) in [6.07, 6.45) is 6.20. The van der Waals surface area contributed by atoms with E-state index in [0.29, 0.717) is 46.9 Å². The molecule has 230 valence electrons. The van der Waals surface area contributed by atoms with Gasteiger partial charge in [-0.05, 0) is 99.4 Å². The van der Waals surface area contributed by atoms with E-state index in [-0.39, 0.29) is 36.3 Å². The van der Waals surface area contributed by atoms with Crippen molar-refractivity contribution < 1.29 is 23.9 Å². The van der Waals surface area contributed by atoms with Crippen LogP contribution in [0.4, 0.5) is 11.4 Å². The van der Waals surface area contributed by atoms with E-state index in [1.54, 1.807) is 54.6 Å². The lowest BCUT2D eigenvalue weighted by molar-refractivity contribution is -0.118. The van der Waals surface area contributed by atoms with Crippen molar-refractivity contribution in [3.63, 3.8) is 0 Å². The van der Waals surface area contributed by atoms with Gasteiger partial charge in [0.2, 0.25) is 0 Å². The van der Waals surface area contributed by atoms with Crippen LogP contribution < -0.4 is 26.0 Å². The Morgan fingerprint density at radius 1 is 0.841 bits per heavy atom. The van der Waals surface area contributed by atoms with Crippen molar-refractivity contribution in [3.05, 3.63) is 89.0 Å². The topological polar surface area (TPSA) is 129 Å². The van der Waals surface area contributed by atoms with Crippen LogP contribution in [-0.2, 0) is 11.3 Å². The number of hydrogen-bond acceptors (Lipinski definition) is 6. The number of hydrogen-bond donors (Lipinski definition) is 4. The predicted octanol–water partition coefficient (Wildman–Crippen LogP) is 4.58. The number of fused-ring (bicyclic) bond motifs is 1. The summed E-state index contributed by atoms with van der Waals surface area (Å²) in [6, 6.07) is 19.3. The molecule has 10 heteroatoms. The van der Waals surface area contributed by atoms with E-state index in [4.69, 9.17) is 4.74 Å². The summed E-state index contributed by atoms with van der Waals surface area (Å²) in [5, 5.41) is 11.7. The first kappa shape index (κ1) is 30.7. The van der Waals surface area contributed by atoms with Gasteiger partial charge >= 0.3 is 0 Å². The molecule has 0 spiro atoms. The number of unbranched alkanes of at least 4 members (excludes halogenated alkanes) is 3. The van der Waals surface area contributed by atoms with E-state index in [1.165, 1.54) is 0 Å². The molecule has 1 fully saturated rings. The van der Waals surface area contributed by atoms with Gasteiger partial charge in [0.15, 0.2) is 6.61 Å². The van der Waals surface area contributed by atoms with Crippen molar-refractivity contribution in [3.8, 4) is 5.75 Å². The second-order valence-electron chi connectivity index (χ2n) is 11.2. The summed E-state index contributed by atoms with van der Waals surface area (Å²) < 4.78 is 5.49. The van der Waals surface area contributed by atoms with Gasteiger partial charge in [-0.25, -0.2) is 0 Å². The van der Waals surface area contributed by atoms with Crippen LogP contribution >= 0.6 is 0 Å². The molecule has 0 aromatic heterocycles. The highest BCUT2D eigenvalue weighted by molar-refractivity contribution is 6.04. The van der Waals surface area contributed by atoms with E-state index in [1.807, 2.05) is 24.1 Å². The third-order valence-electron chi connectivity index (χ3n) is 7.72. The van der Waals surface area contributed by atoms with Crippen LogP contribution in [0, 0.1) is 0 Å². The number of benzene rings is 3. The Hall–Kier alpha value is -4.70. The predicted molar refractivity (Wildman–Crippen MR) is 169 cm³/mol. The molecule has 5 rings (SSSR count). The fraction of sp³-hybridized carbons (Fsp3) is 0.353. The minimum atomic E-state index is -0.261. The summed E-state index contributed by atoms with van der Waals surface area (Å²) in [6.45, 7) is 2.00. The molecule has 1 aliphatic heterocycles. The molecule has 10 nitrogen and oxygen atoms in total. The second-order valence-corrected chi connectivity index (χ2v) is 11.2. The molecule has 0 saturated heterocycles. The van der Waals surface area contributed by atoms with Gasteiger partial charge in [0.1, 0.15) is 5.75 Å². The van der Waals surface area contributed by atoms with Gasteiger partial charge < -0.3 is 30.9 Å². The minimum absolute atomic E-state index is 0.0721. The Morgan fingerprint density at radius 3 is 2.20 bits per heavy atom. The van der Waals surface area contributed by atoms with Crippen molar-refractivity contribution >= 4 is 35.0 Å². The van der Waals surface area contributed by atoms with E-state index >= 15 is 0 Å². The molecule has 3 aromatic carbocycles. The fourth-order valence-corrected chi connectivity index (χ4v) is 5.08. The molecule has 4 amide bonds. The van der Waals surface area contributed by atoms with E-state index in [0.717, 1.165) is 50.6 Å². The Balaban J connectivity index is 1.12. The fourth-order valence-electron chi connectivity index (χ4n) is 5.08. The summed E-state index contributed by atoms with van der Waals surface area (Å²) in [5.74, 6) is -0.219. The quantitative estimate of drug-likeness (QED) is 0.201. The molecule has 1 heterocycles. The Labute approximate surface area is 257 Å². The normalized spacial score (nSPS) is 13.7. The van der Waals surface area contributed by atoms with Gasteiger partial charge in [0.25, 0.3) is 23.6 Å². The van der Waals surface area contributed by atoms with Gasteiger partial charge in [-0.15, -0.1) is 0 Å². The van der Waals surface area contributed by atoms with Crippen LogP contribution in [0.3, 0.4) is 0 Å². The van der Waals surface area contributed by atoms with Crippen molar-refractivity contribution in [2.75, 3.05) is 37.4 Å². The molecule has 4 N–H and O–H groups in total. The zero-order valence-corrected chi connectivity index (χ0v) is 25.0. The van der Waals surface area contributed by atoms with E-state index < -0.39 is 0 Å². The van der Waals surface area contributed by atoms with E-state index in [2.05, 4.69) is 21.3 Å². The smallest absolute Gasteiger partial charge is 0.262 e. The molecule has 1 saturated carbocycles. The van der Waals surface area contributed by atoms with Crippen molar-refractivity contribution in [1.29, 1.82) is 0 Å². The highest BCUT2D eigenvalue weighted by Crippen LogP contribution is 2.33. The number of amides is 4. The van der Waals surface area contributed by atoms with Gasteiger partial charge in [-0.1, -0.05) is 25.0 Å². The SMILES string of the molecule is CNCCCCCCNC(=O)c1ccc(NC(=O)c2ccc(CN(C(=O)c3ccc4c(c3)OCC(=O)N4)C3CC3)cc2)cc1. The lowest BCUT2D eigenvalue weighted by Crippen LogP contribution is -2.33. The Kier molecular flexibility index (Phi) is 10.2. The molecule has 3 aromatic rings. The first-order valence-electron chi connectivity index (χ1n) is 15.2. The summed E-state index contributed by atoms with van der Waals surface area (Å²) in [5.41, 5.74) is 3.61. The third kappa shape index (κ3) is 8.23. The van der Waals surface area contributed by atoms with Crippen LogP contribution in [0.5, 0.6) is 5.75 Å². The average molecular weight is 598 g/mol. The molecule has 0 bridgehead atoms. The van der Waals surface area contributed by atoms with Gasteiger partial charge in [-0.2, -0.15) is 0 Å². The monoisotopic (exact) mass is 597 g/mol. The molecule has 0 atom stereocenters. The standard InChI is InChI=1S/C34H39N5O5/c1-35-18-4-2-3-5-19-36-32(41)24-10-13-27(14-11-24)37-33(42)25-8-6-23(7-9-25)21-39(28-15-16-28)34(43)26-12-17-29-30(20-26)44-22-31(40)38-29/h6-14,17,20,28,35H,2-5,15-16,18-19,21-22H2,1H3,(H,36,41)(H,37,42)(H,38,40). The lowest BCUT2D eigenvalue weighted by Gasteiger charge is -2.24. The average Bonchev–Trinajstić information content (AvgIpc) is 3.89. The van der Waals surface area contributed by atoms with Gasteiger partial charge in [0, 0.05) is 41.5 Å². The number of nitrogens with zero attached hydrogens (tertiary/aromatic N) is 1. The lowest BCUT2D eigenvalue weighted by atomic mass is 10.1. The largest absolute Gasteiger partial charge is 0.482 e. The zero-order valence-electron chi connectivity index (χ0n) is 25.0. The minimum Gasteiger partial charge on any atom is -0.482 e. The summed E-state index contributed by atoms with van der Waals surface area (Å²) >= 11 is 0. The molecule has 44 heavy (non-hydrogen) atoms. The van der Waals surface area contributed by atoms with Crippen LogP contribution in [-0.4, -0.2) is 61.3 Å². The molecule has 2 aliphatic rings. The number of nitrogens with one attached hydrogen (secondary N) is 4. The van der Waals surface area contributed by atoms with Crippen LogP contribution in [0.15, 0.2) is 66.7 Å². The van der Waals surface area contributed by atoms with Gasteiger partial charge in [0.05, 0.1) is 5.69 Å². The van der Waals surface area contributed by atoms with Crippen LogP contribution in [0.25, 0.3) is 0 Å². The number of carbonyl (C=O) groups excluding carboxylic acids is 4. The highest BCUT2D eigenvalue weighted by atomic mass is 16.5. The molecule has 0 radical (unpaired) electrons. The number of ether oxygens (including phenoxy) is 1. The Bertz CT molecular complexity index is 1480. The Morgan fingerprint density at radius 2 is 1.50 bits per heavy atom. The molecular formula is C34H39N5O5. The molecular weight excluding hydrogens is 558 g/mol. The maximum Gasteiger partial charge on any atom is 0.262 e. The van der Waals surface area contributed by atoms with Crippen molar-refractivity contribution in [1.82, 2.24) is 15.5 Å². The summed E-state index contributed by atoms with van der Waals surface area (Å²) in [4.78, 5) is 52.1. The van der Waals surface area contributed by atoms with Crippen LogP contribution in [0.2, 0.25) is 0 Å². The maximum absolute atomic E-state index is 13.4. The number of anilines is 2. The number of rotatable bonds is 14. The molecule has 1 aliphatic carbocycles. The highest BCUT2D eigenvalue weighted by Gasteiger charge is 2.33. The zero-order chi connectivity index (χ0) is 30.9. The third-order valence-corrected chi connectivity index (χ3v) is 7.72. The van der Waals surface area contributed by atoms with Crippen molar-refractivity contribution in [2.24, 2.45) is 0 Å². The van der Waals surface area contributed by atoms with Crippen molar-refractivity contribution in [2.45, 2.75) is 51.1 Å². The van der Waals surface area contributed by atoms with Crippen LogP contribution in [0.1, 0.15) is 75.2 Å². The first-order chi connectivity index (χ1) is 21.4. The van der Waals surface area contributed by atoms with E-state index in [9.17, 15) is 19.2 Å². The van der Waals surface area contributed by atoms with Gasteiger partial charge in [-0.3, -0.25) is 19.2 Å².